The zero-order chi connectivity index (χ0) is 13.1. The molecule has 1 aliphatic rings. The first-order chi connectivity index (χ1) is 8.56. The number of phenols is 1. The van der Waals surface area contributed by atoms with E-state index >= 15 is 0 Å². The number of amides is 1. The van der Waals surface area contributed by atoms with Crippen molar-refractivity contribution in [2.45, 2.75) is 38.6 Å². The molecule has 18 heavy (non-hydrogen) atoms. The third kappa shape index (κ3) is 3.16. The summed E-state index contributed by atoms with van der Waals surface area (Å²) >= 11 is 5.96. The van der Waals surface area contributed by atoms with E-state index in [9.17, 15) is 9.90 Å². The van der Waals surface area contributed by atoms with Gasteiger partial charge in [-0.05, 0) is 49.8 Å². The Kier molecular flexibility index (Phi) is 4.12. The zero-order valence-electron chi connectivity index (χ0n) is 10.4. The second-order valence-electron chi connectivity index (χ2n) is 5.09. The van der Waals surface area contributed by atoms with Crippen LogP contribution in [0.1, 0.15) is 43.0 Å². The molecule has 0 spiro atoms. The minimum atomic E-state index is -0.199. The maximum absolute atomic E-state index is 12.1. The molecule has 1 aromatic carbocycles. The van der Waals surface area contributed by atoms with E-state index in [1.807, 2.05) is 0 Å². The van der Waals surface area contributed by atoms with Gasteiger partial charge in [-0.25, -0.2) is 0 Å². The highest BCUT2D eigenvalue weighted by atomic mass is 35.5. The number of phenolic OH excluding ortho intramolecular Hbond substituents is 1. The molecular weight excluding hydrogens is 250 g/mol. The number of carbonyl (C=O) groups is 1. The van der Waals surface area contributed by atoms with E-state index in [2.05, 4.69) is 12.2 Å². The van der Waals surface area contributed by atoms with Crippen molar-refractivity contribution in [3.63, 3.8) is 0 Å². The van der Waals surface area contributed by atoms with Crippen molar-refractivity contribution in [1.82, 2.24) is 5.32 Å². The minimum Gasteiger partial charge on any atom is -0.508 e. The van der Waals surface area contributed by atoms with Gasteiger partial charge in [-0.2, -0.15) is 0 Å². The monoisotopic (exact) mass is 267 g/mol. The number of nitrogens with one attached hydrogen (secondary N) is 1. The molecule has 0 aromatic heterocycles. The van der Waals surface area contributed by atoms with E-state index in [-0.39, 0.29) is 17.7 Å². The van der Waals surface area contributed by atoms with Gasteiger partial charge in [0.15, 0.2) is 0 Å². The van der Waals surface area contributed by atoms with Crippen LogP contribution in [0.25, 0.3) is 0 Å². The Bertz CT molecular complexity index is 439. The van der Waals surface area contributed by atoms with Gasteiger partial charge >= 0.3 is 0 Å². The SMILES string of the molecule is CC1CCC(NC(=O)c2cc(O)ccc2Cl)CC1. The van der Waals surface area contributed by atoms with E-state index in [0.29, 0.717) is 10.6 Å². The lowest BCUT2D eigenvalue weighted by Crippen LogP contribution is -2.37. The summed E-state index contributed by atoms with van der Waals surface area (Å²) in [6.07, 6.45) is 4.34. The Morgan fingerprint density at radius 1 is 1.33 bits per heavy atom. The van der Waals surface area contributed by atoms with Gasteiger partial charge in [0.2, 0.25) is 0 Å². The molecule has 0 aliphatic heterocycles. The third-order valence-corrected chi connectivity index (χ3v) is 3.88. The summed E-state index contributed by atoms with van der Waals surface area (Å²) < 4.78 is 0. The molecule has 2 N–H and O–H groups in total. The minimum absolute atomic E-state index is 0.0572. The Morgan fingerprint density at radius 2 is 2.00 bits per heavy atom. The lowest BCUT2D eigenvalue weighted by atomic mass is 9.87. The molecule has 0 unspecified atom stereocenters. The van der Waals surface area contributed by atoms with Gasteiger partial charge in [0.25, 0.3) is 5.91 Å². The van der Waals surface area contributed by atoms with E-state index in [1.54, 1.807) is 0 Å². The quantitative estimate of drug-likeness (QED) is 0.863. The molecular formula is C14H18ClNO2. The van der Waals surface area contributed by atoms with Gasteiger partial charge in [-0.3, -0.25) is 4.79 Å². The normalized spacial score (nSPS) is 23.7. The summed E-state index contributed by atoms with van der Waals surface area (Å²) in [5.41, 5.74) is 0.343. The number of aromatic hydroxyl groups is 1. The van der Waals surface area contributed by atoms with E-state index < -0.39 is 0 Å². The molecule has 3 nitrogen and oxygen atoms in total. The maximum atomic E-state index is 12.1. The number of hydrogen-bond acceptors (Lipinski definition) is 2. The van der Waals surface area contributed by atoms with Crippen molar-refractivity contribution in [2.75, 3.05) is 0 Å². The standard InChI is InChI=1S/C14H18ClNO2/c1-9-2-4-10(5-3-9)16-14(18)12-8-11(17)6-7-13(12)15/h6-10,17H,2-5H2,1H3,(H,16,18). The van der Waals surface area contributed by atoms with Crippen LogP contribution in [0.3, 0.4) is 0 Å². The molecule has 4 heteroatoms. The Hall–Kier alpha value is -1.22. The second-order valence-corrected chi connectivity index (χ2v) is 5.50. The average Bonchev–Trinajstić information content (AvgIpc) is 2.35. The molecule has 1 amide bonds. The Labute approximate surface area is 112 Å². The maximum Gasteiger partial charge on any atom is 0.253 e. The molecule has 1 aliphatic carbocycles. The largest absolute Gasteiger partial charge is 0.508 e. The van der Waals surface area contributed by atoms with Crippen LogP contribution in [0.2, 0.25) is 5.02 Å². The summed E-state index contributed by atoms with van der Waals surface area (Å²) in [6, 6.07) is 4.64. The predicted molar refractivity (Wildman–Crippen MR) is 72.0 cm³/mol. The van der Waals surface area contributed by atoms with E-state index in [4.69, 9.17) is 11.6 Å². The highest BCUT2D eigenvalue weighted by Crippen LogP contribution is 2.25. The fourth-order valence-corrected chi connectivity index (χ4v) is 2.56. The van der Waals surface area contributed by atoms with Crippen molar-refractivity contribution in [3.05, 3.63) is 28.8 Å². The summed E-state index contributed by atoms with van der Waals surface area (Å²) in [5.74, 6) is 0.611. The number of hydrogen-bond donors (Lipinski definition) is 2. The first-order valence-corrected chi connectivity index (χ1v) is 6.73. The first-order valence-electron chi connectivity index (χ1n) is 6.35. The number of rotatable bonds is 2. The number of carbonyl (C=O) groups excluding carboxylic acids is 1. The van der Waals surface area contributed by atoms with Crippen LogP contribution in [-0.4, -0.2) is 17.1 Å². The van der Waals surface area contributed by atoms with Crippen LogP contribution in [0.4, 0.5) is 0 Å². The van der Waals surface area contributed by atoms with Crippen LogP contribution < -0.4 is 5.32 Å². The van der Waals surface area contributed by atoms with Crippen molar-refractivity contribution in [2.24, 2.45) is 5.92 Å². The van der Waals surface area contributed by atoms with Gasteiger partial charge in [-0.1, -0.05) is 18.5 Å². The van der Waals surface area contributed by atoms with Crippen molar-refractivity contribution >= 4 is 17.5 Å². The lowest BCUT2D eigenvalue weighted by Gasteiger charge is -2.27. The molecule has 0 heterocycles. The topological polar surface area (TPSA) is 49.3 Å². The highest BCUT2D eigenvalue weighted by Gasteiger charge is 2.21. The molecule has 98 valence electrons. The van der Waals surface area contributed by atoms with Crippen molar-refractivity contribution in [3.8, 4) is 5.75 Å². The third-order valence-electron chi connectivity index (χ3n) is 3.55. The number of halogens is 1. The summed E-state index contributed by atoms with van der Waals surface area (Å²) in [4.78, 5) is 12.1. The van der Waals surface area contributed by atoms with Crippen molar-refractivity contribution < 1.29 is 9.90 Å². The Balaban J connectivity index is 2.01. The van der Waals surface area contributed by atoms with Crippen molar-refractivity contribution in [1.29, 1.82) is 0 Å². The smallest absolute Gasteiger partial charge is 0.253 e. The first kappa shape index (κ1) is 13.2. The van der Waals surface area contributed by atoms with Gasteiger partial charge in [-0.15, -0.1) is 0 Å². The fraction of sp³-hybridized carbons (Fsp3) is 0.500. The van der Waals surface area contributed by atoms with Gasteiger partial charge in [0.05, 0.1) is 10.6 Å². The lowest BCUT2D eigenvalue weighted by molar-refractivity contribution is 0.0922. The molecule has 0 bridgehead atoms. The summed E-state index contributed by atoms with van der Waals surface area (Å²) in [6.45, 7) is 2.24. The predicted octanol–water partition coefficient (Wildman–Crippen LogP) is 3.35. The highest BCUT2D eigenvalue weighted by molar-refractivity contribution is 6.33. The van der Waals surface area contributed by atoms with Gasteiger partial charge in [0.1, 0.15) is 5.75 Å². The molecule has 0 radical (unpaired) electrons. The fourth-order valence-electron chi connectivity index (χ4n) is 2.35. The van der Waals surface area contributed by atoms with Gasteiger partial charge in [0, 0.05) is 6.04 Å². The van der Waals surface area contributed by atoms with Crippen LogP contribution in [0.15, 0.2) is 18.2 Å². The molecule has 2 rings (SSSR count). The van der Waals surface area contributed by atoms with Crippen LogP contribution in [-0.2, 0) is 0 Å². The summed E-state index contributed by atoms with van der Waals surface area (Å²) in [7, 11) is 0. The van der Waals surface area contributed by atoms with E-state index in [1.165, 1.54) is 18.2 Å². The van der Waals surface area contributed by atoms with Crippen LogP contribution >= 0.6 is 11.6 Å². The molecule has 1 aromatic rings. The summed E-state index contributed by atoms with van der Waals surface area (Å²) in [5, 5.41) is 12.7. The molecule has 1 saturated carbocycles. The number of benzene rings is 1. The van der Waals surface area contributed by atoms with Gasteiger partial charge < -0.3 is 10.4 Å². The van der Waals surface area contributed by atoms with E-state index in [0.717, 1.165) is 31.6 Å². The molecule has 0 atom stereocenters. The van der Waals surface area contributed by atoms with Crippen LogP contribution in [0.5, 0.6) is 5.75 Å². The van der Waals surface area contributed by atoms with Crippen LogP contribution in [0, 0.1) is 5.92 Å². The molecule has 1 fully saturated rings. The second kappa shape index (κ2) is 5.61. The molecule has 0 saturated heterocycles. The average molecular weight is 268 g/mol. The Morgan fingerprint density at radius 3 is 2.67 bits per heavy atom. The zero-order valence-corrected chi connectivity index (χ0v) is 11.2.